The Morgan fingerprint density at radius 1 is 0.750 bits per heavy atom. The van der Waals surface area contributed by atoms with Gasteiger partial charge in [0, 0.05) is 0 Å². The van der Waals surface area contributed by atoms with Crippen molar-refractivity contribution in [3.63, 3.8) is 0 Å². The summed E-state index contributed by atoms with van der Waals surface area (Å²) in [5, 5.41) is 0. The summed E-state index contributed by atoms with van der Waals surface area (Å²) in [4.78, 5) is 0. The van der Waals surface area contributed by atoms with Crippen LogP contribution in [0.3, 0.4) is 0 Å². The Bertz CT molecular complexity index is 6.00. The molecular weight excluding hydrogens is 400 g/mol. The minimum absolute atomic E-state index is 0.333. The molecular formula is O2W2. The summed E-state index contributed by atoms with van der Waals surface area (Å²) in [6.07, 6.45) is 0. The van der Waals surface area contributed by atoms with Crippen LogP contribution in [0.25, 0.3) is 0 Å². The Morgan fingerprint density at radius 3 is 0.750 bits per heavy atom. The van der Waals surface area contributed by atoms with Crippen LogP contribution in [0.2, 0.25) is 0 Å². The van der Waals surface area contributed by atoms with Crippen LogP contribution in [-0.2, 0) is 46.3 Å². The molecule has 0 spiro atoms. The van der Waals surface area contributed by atoms with Crippen molar-refractivity contribution in [2.24, 2.45) is 0 Å². The van der Waals surface area contributed by atoms with Gasteiger partial charge < -0.3 is 0 Å². The fourth-order valence-corrected chi connectivity index (χ4v) is 0. The summed E-state index contributed by atoms with van der Waals surface area (Å²) >= 11 is 0.667. The van der Waals surface area contributed by atoms with E-state index < -0.39 is 0 Å². The fraction of sp³-hybridized carbons (Fsp3) is 0. The Labute approximate surface area is 46.4 Å². The molecule has 4 heavy (non-hydrogen) atoms. The third kappa shape index (κ3) is 12.2. The molecule has 0 rings (SSSR count). The number of rotatable bonds is 0. The maximum atomic E-state index is 8.33. The Hall–Kier alpha value is 0.977. The van der Waals surface area contributed by atoms with Crippen LogP contribution in [0.5, 0.6) is 0 Å². The van der Waals surface area contributed by atoms with E-state index in [1.165, 1.54) is 0 Å². The molecule has 4 heteroatoms. The van der Waals surface area contributed by atoms with Crippen molar-refractivity contribution in [3.05, 3.63) is 0 Å². The molecule has 0 aliphatic heterocycles. The van der Waals surface area contributed by atoms with Gasteiger partial charge in [0.15, 0.2) is 0 Å². The quantitative estimate of drug-likeness (QED) is 0.563. The standard InChI is InChI=1S/2O.2W. The average Bonchev–Trinajstić information content (AvgIpc) is 1.50. The zero-order valence-electron chi connectivity index (χ0n) is 1.63. The Morgan fingerprint density at radius 2 is 0.750 bits per heavy atom. The van der Waals surface area contributed by atoms with Crippen LogP contribution in [-0.4, -0.2) is 0 Å². The normalized spacial score (nSPS) is 2.00. The van der Waals surface area contributed by atoms with E-state index in [1.54, 1.807) is 0 Å². The minimum atomic E-state index is 0.333. The molecule has 0 aliphatic carbocycles. The molecule has 0 fully saturated rings. The molecule has 24 valence electrons. The van der Waals surface area contributed by atoms with Crippen molar-refractivity contribution in [2.75, 3.05) is 0 Å². The molecule has 0 aliphatic rings. The summed E-state index contributed by atoms with van der Waals surface area (Å²) in [6.45, 7) is 0. The SMILES string of the molecule is [O]=[W].[O]=[W]. The molecule has 0 radical (unpaired) electrons. The van der Waals surface area contributed by atoms with E-state index in [1.807, 2.05) is 0 Å². The molecule has 0 aromatic rings. The van der Waals surface area contributed by atoms with E-state index in [0.717, 1.165) is 0 Å². The van der Waals surface area contributed by atoms with E-state index in [0.29, 0.717) is 39.6 Å². The van der Waals surface area contributed by atoms with Gasteiger partial charge >= 0.3 is 46.3 Å². The monoisotopic (exact) mass is 400 g/mol. The van der Waals surface area contributed by atoms with E-state index in [9.17, 15) is 0 Å². The van der Waals surface area contributed by atoms with Crippen molar-refractivity contribution in [2.45, 2.75) is 0 Å². The second-order valence-electron chi connectivity index (χ2n) is 0. The maximum absolute atomic E-state index is 8.33. The van der Waals surface area contributed by atoms with Crippen LogP contribution < -0.4 is 0 Å². The molecule has 0 bridgehead atoms. The van der Waals surface area contributed by atoms with Gasteiger partial charge in [-0.15, -0.1) is 0 Å². The van der Waals surface area contributed by atoms with Crippen molar-refractivity contribution in [1.29, 1.82) is 0 Å². The molecule has 0 saturated carbocycles. The van der Waals surface area contributed by atoms with Crippen molar-refractivity contribution in [1.82, 2.24) is 0 Å². The molecule has 0 saturated heterocycles. The second kappa shape index (κ2) is 36.9. The molecule has 0 unspecified atom stereocenters. The number of hydrogen-bond donors (Lipinski definition) is 0. The molecule has 0 heterocycles. The van der Waals surface area contributed by atoms with Gasteiger partial charge in [0.2, 0.25) is 0 Å². The Kier molecular flexibility index (Phi) is 82.0. The van der Waals surface area contributed by atoms with E-state index in [2.05, 4.69) is 0 Å². The van der Waals surface area contributed by atoms with Crippen LogP contribution in [0.1, 0.15) is 0 Å². The number of hydrogen-bond acceptors (Lipinski definition) is 2. The third-order valence-corrected chi connectivity index (χ3v) is 0. The van der Waals surface area contributed by atoms with Gasteiger partial charge in [0.05, 0.1) is 0 Å². The summed E-state index contributed by atoms with van der Waals surface area (Å²) in [5.41, 5.74) is 0. The summed E-state index contributed by atoms with van der Waals surface area (Å²) in [5.74, 6) is 0. The molecule has 0 amide bonds. The summed E-state index contributed by atoms with van der Waals surface area (Å²) in [7, 11) is 0. The second-order valence-corrected chi connectivity index (χ2v) is 0. The van der Waals surface area contributed by atoms with Crippen molar-refractivity contribution in [3.8, 4) is 0 Å². The molecule has 0 aromatic heterocycles. The zero-order chi connectivity index (χ0) is 4.00. The predicted molar refractivity (Wildman–Crippen MR) is 1.37 cm³/mol. The first-order chi connectivity index (χ1) is 2.00. The van der Waals surface area contributed by atoms with Gasteiger partial charge in [-0.05, 0) is 0 Å². The zero-order valence-corrected chi connectivity index (χ0v) is 7.50. The van der Waals surface area contributed by atoms with Gasteiger partial charge in [0.25, 0.3) is 0 Å². The predicted octanol–water partition coefficient (Wildman–Crippen LogP) is -0.243. The van der Waals surface area contributed by atoms with Crippen molar-refractivity contribution < 1.29 is 46.3 Å². The van der Waals surface area contributed by atoms with Gasteiger partial charge in [-0.3, -0.25) is 0 Å². The average molecular weight is 400 g/mol. The first-order valence-electron chi connectivity index (χ1n) is 0.333. The van der Waals surface area contributed by atoms with Gasteiger partial charge in [-0.25, -0.2) is 0 Å². The van der Waals surface area contributed by atoms with Gasteiger partial charge in [-0.1, -0.05) is 0 Å². The van der Waals surface area contributed by atoms with E-state index in [-0.39, 0.29) is 0 Å². The fourth-order valence-electron chi connectivity index (χ4n) is 0. The first-order valence-corrected chi connectivity index (χ1v) is 2.73. The molecule has 0 atom stereocenters. The Balaban J connectivity index is 0. The van der Waals surface area contributed by atoms with Gasteiger partial charge in [-0.2, -0.15) is 0 Å². The van der Waals surface area contributed by atoms with E-state index in [4.69, 9.17) is 6.80 Å². The third-order valence-electron chi connectivity index (χ3n) is 0. The van der Waals surface area contributed by atoms with Crippen molar-refractivity contribution >= 4 is 0 Å². The van der Waals surface area contributed by atoms with Crippen LogP contribution in [0.4, 0.5) is 0 Å². The van der Waals surface area contributed by atoms with Gasteiger partial charge in [0.1, 0.15) is 0 Å². The molecule has 2 nitrogen and oxygen atoms in total. The molecule has 0 N–H and O–H groups in total. The van der Waals surface area contributed by atoms with Crippen LogP contribution in [0.15, 0.2) is 0 Å². The van der Waals surface area contributed by atoms with E-state index >= 15 is 0 Å². The first kappa shape index (κ1) is 8.88. The topological polar surface area (TPSA) is 34.1 Å². The summed E-state index contributed by atoms with van der Waals surface area (Å²) in [6, 6.07) is 0. The molecule has 0 aromatic carbocycles. The van der Waals surface area contributed by atoms with Crippen LogP contribution in [0, 0.1) is 0 Å². The summed E-state index contributed by atoms with van der Waals surface area (Å²) < 4.78 is 16.7. The van der Waals surface area contributed by atoms with Crippen LogP contribution >= 0.6 is 0 Å².